The van der Waals surface area contributed by atoms with E-state index in [1.807, 2.05) is 45.9 Å². The maximum atomic E-state index is 12.0. The molecule has 1 aliphatic rings. The second-order valence-electron chi connectivity index (χ2n) is 6.47. The zero-order valence-corrected chi connectivity index (χ0v) is 14.9. The molecule has 1 aromatic heterocycles. The smallest absolute Gasteiger partial charge is 0.346 e. The Morgan fingerprint density at radius 1 is 1.04 bits per heavy atom. The van der Waals surface area contributed by atoms with E-state index in [-0.39, 0.29) is 0 Å². The SMILES string of the molecule is CC(C)=C1C(=O)OC(=O)C1=CCc1c(C)[nH]c(C)c1-c1ccccc1. The summed E-state index contributed by atoms with van der Waals surface area (Å²) in [4.78, 5) is 27.3. The van der Waals surface area contributed by atoms with E-state index in [1.54, 1.807) is 6.08 Å². The summed E-state index contributed by atoms with van der Waals surface area (Å²) in [6, 6.07) is 10.1. The lowest BCUT2D eigenvalue weighted by atomic mass is 9.96. The summed E-state index contributed by atoms with van der Waals surface area (Å²) in [5.41, 5.74) is 7.08. The third kappa shape index (κ3) is 3.07. The molecule has 0 bridgehead atoms. The van der Waals surface area contributed by atoms with E-state index in [1.165, 1.54) is 0 Å². The Hall–Kier alpha value is -2.88. The van der Waals surface area contributed by atoms with E-state index in [2.05, 4.69) is 17.1 Å². The lowest BCUT2D eigenvalue weighted by molar-refractivity contribution is -0.149. The Labute approximate surface area is 147 Å². The number of aromatic nitrogens is 1. The fourth-order valence-electron chi connectivity index (χ4n) is 3.35. The van der Waals surface area contributed by atoms with Crippen LogP contribution >= 0.6 is 0 Å². The molecule has 2 heterocycles. The van der Waals surface area contributed by atoms with Crippen molar-refractivity contribution in [3.05, 3.63) is 70.1 Å². The first-order chi connectivity index (χ1) is 11.9. The molecule has 0 amide bonds. The number of cyclic esters (lactones) is 2. The second-order valence-corrected chi connectivity index (χ2v) is 6.47. The highest BCUT2D eigenvalue weighted by molar-refractivity contribution is 6.18. The summed E-state index contributed by atoms with van der Waals surface area (Å²) in [7, 11) is 0. The van der Waals surface area contributed by atoms with Crippen molar-refractivity contribution >= 4 is 11.9 Å². The number of carbonyl (C=O) groups is 2. The topological polar surface area (TPSA) is 59.2 Å². The van der Waals surface area contributed by atoms with E-state index in [9.17, 15) is 9.59 Å². The maximum Gasteiger partial charge on any atom is 0.346 e. The number of ether oxygens (including phenoxy) is 1. The van der Waals surface area contributed by atoms with E-state index in [0.29, 0.717) is 17.6 Å². The Balaban J connectivity index is 2.04. The summed E-state index contributed by atoms with van der Waals surface area (Å²) < 4.78 is 4.77. The van der Waals surface area contributed by atoms with Crippen molar-refractivity contribution in [3.63, 3.8) is 0 Å². The minimum absolute atomic E-state index is 0.363. The van der Waals surface area contributed by atoms with Gasteiger partial charge in [0.05, 0.1) is 11.1 Å². The fourth-order valence-corrected chi connectivity index (χ4v) is 3.35. The number of carbonyl (C=O) groups excluding carboxylic acids is 2. The normalized spacial score (nSPS) is 15.8. The van der Waals surface area contributed by atoms with E-state index >= 15 is 0 Å². The number of hydrogen-bond acceptors (Lipinski definition) is 3. The van der Waals surface area contributed by atoms with Gasteiger partial charge in [-0.25, -0.2) is 9.59 Å². The third-order valence-corrected chi connectivity index (χ3v) is 4.46. The van der Waals surface area contributed by atoms with Crippen LogP contribution in [0.3, 0.4) is 0 Å². The Bertz CT molecular complexity index is 910. The van der Waals surface area contributed by atoms with Crippen molar-refractivity contribution in [2.24, 2.45) is 0 Å². The number of allylic oxidation sites excluding steroid dienone is 2. The molecule has 0 aliphatic carbocycles. The minimum atomic E-state index is -0.563. The molecule has 0 unspecified atom stereocenters. The Morgan fingerprint density at radius 2 is 1.72 bits per heavy atom. The van der Waals surface area contributed by atoms with Gasteiger partial charge in [0.25, 0.3) is 0 Å². The highest BCUT2D eigenvalue weighted by Crippen LogP contribution is 2.32. The van der Waals surface area contributed by atoms with Crippen molar-refractivity contribution in [1.82, 2.24) is 4.98 Å². The first-order valence-electron chi connectivity index (χ1n) is 8.28. The van der Waals surface area contributed by atoms with E-state index in [4.69, 9.17) is 4.74 Å². The largest absolute Gasteiger partial charge is 0.386 e. The van der Waals surface area contributed by atoms with Crippen molar-refractivity contribution in [2.75, 3.05) is 0 Å². The zero-order chi connectivity index (χ0) is 18.1. The van der Waals surface area contributed by atoms with Crippen LogP contribution in [0.4, 0.5) is 0 Å². The van der Waals surface area contributed by atoms with Crippen LogP contribution in [0.5, 0.6) is 0 Å². The number of hydrogen-bond donors (Lipinski definition) is 1. The van der Waals surface area contributed by atoms with E-state index < -0.39 is 11.9 Å². The van der Waals surface area contributed by atoms with Gasteiger partial charge >= 0.3 is 11.9 Å². The summed E-state index contributed by atoms with van der Waals surface area (Å²) >= 11 is 0. The lowest BCUT2D eigenvalue weighted by Crippen LogP contribution is -1.98. The molecule has 2 aromatic rings. The average molecular weight is 335 g/mol. The van der Waals surface area contributed by atoms with Gasteiger partial charge in [0, 0.05) is 17.0 Å². The van der Waals surface area contributed by atoms with Gasteiger partial charge < -0.3 is 9.72 Å². The van der Waals surface area contributed by atoms with Gasteiger partial charge in [0.1, 0.15) is 0 Å². The van der Waals surface area contributed by atoms with Gasteiger partial charge in [-0.3, -0.25) is 0 Å². The summed E-state index contributed by atoms with van der Waals surface area (Å²) in [6.45, 7) is 7.68. The molecule has 4 heteroatoms. The lowest BCUT2D eigenvalue weighted by Gasteiger charge is -2.06. The molecule has 0 saturated carbocycles. The molecule has 1 fully saturated rings. The van der Waals surface area contributed by atoms with Crippen LogP contribution in [-0.2, 0) is 20.7 Å². The molecule has 1 aromatic carbocycles. The molecule has 25 heavy (non-hydrogen) atoms. The van der Waals surface area contributed by atoms with Crippen LogP contribution in [0.15, 0.2) is 53.1 Å². The molecule has 0 atom stereocenters. The standard InChI is InChI=1S/C21H21NO3/c1-12(2)18-17(20(23)25-21(18)24)11-10-16-13(3)22-14(4)19(16)15-8-6-5-7-9-15/h5-9,11,22H,10H2,1-4H3. The Kier molecular flexibility index (Phi) is 4.45. The third-order valence-electron chi connectivity index (χ3n) is 4.46. The zero-order valence-electron chi connectivity index (χ0n) is 14.9. The van der Waals surface area contributed by atoms with E-state index in [0.717, 1.165) is 33.7 Å². The minimum Gasteiger partial charge on any atom is -0.386 e. The van der Waals surface area contributed by atoms with Crippen molar-refractivity contribution in [2.45, 2.75) is 34.1 Å². The average Bonchev–Trinajstić information content (AvgIpc) is 3.00. The van der Waals surface area contributed by atoms with Crippen LogP contribution in [0.1, 0.15) is 30.8 Å². The molecule has 128 valence electrons. The molecular weight excluding hydrogens is 314 g/mol. The van der Waals surface area contributed by atoms with Gasteiger partial charge in [0.2, 0.25) is 0 Å². The van der Waals surface area contributed by atoms with Crippen LogP contribution in [0, 0.1) is 13.8 Å². The monoisotopic (exact) mass is 335 g/mol. The highest BCUT2D eigenvalue weighted by Gasteiger charge is 2.34. The number of H-pyrrole nitrogens is 1. The molecule has 4 nitrogen and oxygen atoms in total. The number of aromatic amines is 1. The maximum absolute atomic E-state index is 12.0. The predicted molar refractivity (Wildman–Crippen MR) is 97.0 cm³/mol. The number of benzene rings is 1. The van der Waals surface area contributed by atoms with Gasteiger partial charge in [-0.05, 0) is 45.2 Å². The number of aryl methyl sites for hydroxylation is 2. The molecule has 1 aliphatic heterocycles. The van der Waals surface area contributed by atoms with Gasteiger partial charge in [-0.15, -0.1) is 0 Å². The van der Waals surface area contributed by atoms with Gasteiger partial charge in [-0.2, -0.15) is 0 Å². The molecule has 0 spiro atoms. The first kappa shape index (κ1) is 17.0. The van der Waals surface area contributed by atoms with Crippen LogP contribution in [0.2, 0.25) is 0 Å². The number of nitrogens with one attached hydrogen (secondary N) is 1. The number of rotatable bonds is 3. The quantitative estimate of drug-likeness (QED) is 0.520. The Morgan fingerprint density at radius 3 is 2.36 bits per heavy atom. The van der Waals surface area contributed by atoms with Crippen molar-refractivity contribution in [3.8, 4) is 11.1 Å². The van der Waals surface area contributed by atoms with Gasteiger partial charge in [0.15, 0.2) is 0 Å². The molecular formula is C21H21NO3. The number of esters is 2. The molecule has 1 N–H and O–H groups in total. The first-order valence-corrected chi connectivity index (χ1v) is 8.28. The summed E-state index contributed by atoms with van der Waals surface area (Å²) in [5.74, 6) is -1.12. The van der Waals surface area contributed by atoms with Crippen LogP contribution in [0.25, 0.3) is 11.1 Å². The van der Waals surface area contributed by atoms with Gasteiger partial charge in [-0.1, -0.05) is 42.0 Å². The summed E-state index contributed by atoms with van der Waals surface area (Å²) in [6.07, 6.45) is 2.35. The molecule has 0 radical (unpaired) electrons. The fraction of sp³-hybridized carbons (Fsp3) is 0.238. The van der Waals surface area contributed by atoms with Crippen molar-refractivity contribution in [1.29, 1.82) is 0 Å². The predicted octanol–water partition coefficient (Wildman–Crippen LogP) is 4.19. The highest BCUT2D eigenvalue weighted by atomic mass is 16.6. The summed E-state index contributed by atoms with van der Waals surface area (Å²) in [5, 5.41) is 0. The van der Waals surface area contributed by atoms with Crippen LogP contribution in [-0.4, -0.2) is 16.9 Å². The van der Waals surface area contributed by atoms with Crippen LogP contribution < -0.4 is 0 Å². The second kappa shape index (κ2) is 6.55. The molecule has 3 rings (SSSR count). The molecule has 1 saturated heterocycles. The van der Waals surface area contributed by atoms with Crippen molar-refractivity contribution < 1.29 is 14.3 Å².